The van der Waals surface area contributed by atoms with Crippen molar-refractivity contribution in [1.82, 2.24) is 4.90 Å². The molecule has 1 aliphatic heterocycles. The number of hydrogen-bond acceptors (Lipinski definition) is 5. The van der Waals surface area contributed by atoms with E-state index in [0.717, 1.165) is 38.5 Å². The summed E-state index contributed by atoms with van der Waals surface area (Å²) in [5.74, 6) is -0.511. The molecule has 2 amide bonds. The quantitative estimate of drug-likeness (QED) is 0.623. The van der Waals surface area contributed by atoms with Crippen LogP contribution in [0, 0.1) is 0 Å². The standard InChI is InChI=1S/C27H32N2O5/c1-18-5-3-6-19(2)29(18)26(31)17-33-24-13-10-21(11-14-24)27(32)34-16-25(30)28-23-12-9-20-7-4-8-22(20)15-23/h9-15,18-19H,3-8,16-17H2,1-2H3,(H,28,30)/t18-,19-/m0/s1. The van der Waals surface area contributed by atoms with E-state index in [1.54, 1.807) is 24.3 Å². The van der Waals surface area contributed by atoms with Crippen LogP contribution in [0.5, 0.6) is 5.75 Å². The van der Waals surface area contributed by atoms with Crippen molar-refractivity contribution in [2.75, 3.05) is 18.5 Å². The molecule has 7 nitrogen and oxygen atoms in total. The lowest BCUT2D eigenvalue weighted by molar-refractivity contribution is -0.139. The number of nitrogens with one attached hydrogen (secondary N) is 1. The number of anilines is 1. The fourth-order valence-corrected chi connectivity index (χ4v) is 4.88. The van der Waals surface area contributed by atoms with Gasteiger partial charge in [0.05, 0.1) is 5.56 Å². The van der Waals surface area contributed by atoms with Gasteiger partial charge in [-0.15, -0.1) is 0 Å². The van der Waals surface area contributed by atoms with E-state index in [0.29, 0.717) is 17.0 Å². The molecule has 1 N–H and O–H groups in total. The molecule has 0 radical (unpaired) electrons. The zero-order chi connectivity index (χ0) is 24.1. The maximum atomic E-state index is 12.6. The van der Waals surface area contributed by atoms with Gasteiger partial charge in [-0.1, -0.05) is 6.07 Å². The molecule has 7 heteroatoms. The third-order valence-electron chi connectivity index (χ3n) is 6.65. The van der Waals surface area contributed by atoms with Crippen molar-refractivity contribution >= 4 is 23.5 Å². The molecule has 0 unspecified atom stereocenters. The van der Waals surface area contributed by atoms with Crippen LogP contribution < -0.4 is 10.1 Å². The van der Waals surface area contributed by atoms with Crippen LogP contribution in [0.15, 0.2) is 42.5 Å². The third kappa shape index (κ3) is 5.76. The molecule has 0 bridgehead atoms. The second kappa shape index (κ2) is 10.7. The Balaban J connectivity index is 1.22. The molecule has 1 aliphatic carbocycles. The van der Waals surface area contributed by atoms with E-state index < -0.39 is 5.97 Å². The first-order valence-electron chi connectivity index (χ1n) is 12.0. The largest absolute Gasteiger partial charge is 0.484 e. The molecule has 1 fully saturated rings. The van der Waals surface area contributed by atoms with Crippen molar-refractivity contribution in [3.63, 3.8) is 0 Å². The molecule has 0 aromatic heterocycles. The Hall–Kier alpha value is -3.35. The van der Waals surface area contributed by atoms with Gasteiger partial charge in [0.2, 0.25) is 0 Å². The monoisotopic (exact) mass is 464 g/mol. The number of aryl methyl sites for hydroxylation is 2. The fourth-order valence-electron chi connectivity index (χ4n) is 4.88. The fraction of sp³-hybridized carbons (Fsp3) is 0.444. The summed E-state index contributed by atoms with van der Waals surface area (Å²) in [5.41, 5.74) is 3.61. The lowest BCUT2D eigenvalue weighted by Gasteiger charge is -2.38. The SMILES string of the molecule is C[C@H]1CCC[C@H](C)N1C(=O)COc1ccc(C(=O)OCC(=O)Nc2ccc3c(c2)CCC3)cc1. The highest BCUT2D eigenvalue weighted by Crippen LogP contribution is 2.25. The topological polar surface area (TPSA) is 84.9 Å². The number of hydrogen-bond donors (Lipinski definition) is 1. The van der Waals surface area contributed by atoms with Crippen molar-refractivity contribution in [2.45, 2.75) is 64.5 Å². The Morgan fingerprint density at radius 3 is 2.35 bits per heavy atom. The number of nitrogens with zero attached hydrogens (tertiary/aromatic N) is 1. The molecule has 2 aromatic rings. The average molecular weight is 465 g/mol. The lowest BCUT2D eigenvalue weighted by atomic mass is 9.97. The molecule has 4 rings (SSSR count). The van der Waals surface area contributed by atoms with E-state index in [2.05, 4.69) is 19.2 Å². The van der Waals surface area contributed by atoms with E-state index in [4.69, 9.17) is 9.47 Å². The highest BCUT2D eigenvalue weighted by Gasteiger charge is 2.29. The first kappa shape index (κ1) is 23.8. The van der Waals surface area contributed by atoms with Crippen LogP contribution in [0.25, 0.3) is 0 Å². The van der Waals surface area contributed by atoms with Crippen molar-refractivity contribution in [1.29, 1.82) is 0 Å². The molecule has 0 saturated carbocycles. The Morgan fingerprint density at radius 1 is 0.912 bits per heavy atom. The van der Waals surface area contributed by atoms with E-state index >= 15 is 0 Å². The minimum absolute atomic E-state index is 0.0300. The normalized spacial score (nSPS) is 19.3. The van der Waals surface area contributed by atoms with Gasteiger partial charge >= 0.3 is 5.97 Å². The highest BCUT2D eigenvalue weighted by molar-refractivity contribution is 5.95. The zero-order valence-corrected chi connectivity index (χ0v) is 19.8. The van der Waals surface area contributed by atoms with Gasteiger partial charge in [-0.25, -0.2) is 4.79 Å². The second-order valence-electron chi connectivity index (χ2n) is 9.20. The molecule has 1 saturated heterocycles. The van der Waals surface area contributed by atoms with E-state index in [-0.39, 0.29) is 37.1 Å². The maximum absolute atomic E-state index is 12.6. The summed E-state index contributed by atoms with van der Waals surface area (Å²) in [5, 5.41) is 2.78. The van der Waals surface area contributed by atoms with Gasteiger partial charge in [-0.3, -0.25) is 9.59 Å². The predicted molar refractivity (Wildman–Crippen MR) is 129 cm³/mol. The molecular weight excluding hydrogens is 432 g/mol. The Labute approximate surface area is 200 Å². The summed E-state index contributed by atoms with van der Waals surface area (Å²) in [6.45, 7) is 3.73. The van der Waals surface area contributed by atoms with Crippen LogP contribution in [-0.4, -0.2) is 48.0 Å². The van der Waals surface area contributed by atoms with Crippen LogP contribution >= 0.6 is 0 Å². The number of carbonyl (C=O) groups is 3. The van der Waals surface area contributed by atoms with Crippen molar-refractivity contribution in [3.05, 3.63) is 59.2 Å². The predicted octanol–water partition coefficient (Wildman–Crippen LogP) is 4.14. The smallest absolute Gasteiger partial charge is 0.338 e. The Morgan fingerprint density at radius 2 is 1.62 bits per heavy atom. The van der Waals surface area contributed by atoms with Gasteiger partial charge in [0.15, 0.2) is 13.2 Å². The molecule has 1 heterocycles. The molecule has 2 aromatic carbocycles. The molecule has 2 atom stereocenters. The zero-order valence-electron chi connectivity index (χ0n) is 19.8. The molecule has 34 heavy (non-hydrogen) atoms. The minimum atomic E-state index is -0.595. The van der Waals surface area contributed by atoms with Crippen molar-refractivity contribution in [2.24, 2.45) is 0 Å². The summed E-state index contributed by atoms with van der Waals surface area (Å²) in [6.07, 6.45) is 6.41. The third-order valence-corrected chi connectivity index (χ3v) is 6.65. The number of esters is 1. The Kier molecular flexibility index (Phi) is 7.50. The van der Waals surface area contributed by atoms with Gasteiger partial charge in [-0.05, 0) is 99.9 Å². The van der Waals surface area contributed by atoms with Gasteiger partial charge in [0.1, 0.15) is 5.75 Å². The van der Waals surface area contributed by atoms with Gasteiger partial charge in [-0.2, -0.15) is 0 Å². The average Bonchev–Trinajstić information content (AvgIpc) is 3.29. The number of carbonyl (C=O) groups excluding carboxylic acids is 3. The van der Waals surface area contributed by atoms with Crippen LogP contribution in [0.3, 0.4) is 0 Å². The number of piperidine rings is 1. The van der Waals surface area contributed by atoms with Gasteiger partial charge in [0.25, 0.3) is 11.8 Å². The number of likely N-dealkylation sites (tertiary alicyclic amines) is 1. The first-order valence-corrected chi connectivity index (χ1v) is 12.0. The van der Waals surface area contributed by atoms with Crippen LogP contribution in [0.2, 0.25) is 0 Å². The summed E-state index contributed by atoms with van der Waals surface area (Å²) in [4.78, 5) is 39.0. The minimum Gasteiger partial charge on any atom is -0.484 e. The van der Waals surface area contributed by atoms with Crippen LogP contribution in [-0.2, 0) is 27.2 Å². The molecular formula is C27H32N2O5. The molecule has 0 spiro atoms. The summed E-state index contributed by atoms with van der Waals surface area (Å²) in [6, 6.07) is 12.7. The lowest BCUT2D eigenvalue weighted by Crippen LogP contribution is -2.49. The van der Waals surface area contributed by atoms with E-state index in [9.17, 15) is 14.4 Å². The van der Waals surface area contributed by atoms with E-state index in [1.807, 2.05) is 23.1 Å². The summed E-state index contributed by atoms with van der Waals surface area (Å²) >= 11 is 0. The van der Waals surface area contributed by atoms with Crippen LogP contribution in [0.4, 0.5) is 5.69 Å². The number of rotatable bonds is 7. The number of benzene rings is 2. The maximum Gasteiger partial charge on any atom is 0.338 e. The van der Waals surface area contributed by atoms with E-state index in [1.165, 1.54) is 11.1 Å². The molecule has 180 valence electrons. The number of amides is 2. The Bertz CT molecular complexity index is 1040. The summed E-state index contributed by atoms with van der Waals surface area (Å²) in [7, 11) is 0. The van der Waals surface area contributed by atoms with Gasteiger partial charge < -0.3 is 19.7 Å². The highest BCUT2D eigenvalue weighted by atomic mass is 16.5. The number of fused-ring (bicyclic) bond motifs is 1. The number of ether oxygens (including phenoxy) is 2. The summed E-state index contributed by atoms with van der Waals surface area (Å²) < 4.78 is 10.8. The van der Waals surface area contributed by atoms with Gasteiger partial charge in [0, 0.05) is 17.8 Å². The van der Waals surface area contributed by atoms with Crippen LogP contribution in [0.1, 0.15) is 61.0 Å². The van der Waals surface area contributed by atoms with Crippen molar-refractivity contribution in [3.8, 4) is 5.75 Å². The molecule has 2 aliphatic rings. The van der Waals surface area contributed by atoms with Crippen molar-refractivity contribution < 1.29 is 23.9 Å². The first-order chi connectivity index (χ1) is 16.4. The second-order valence-corrected chi connectivity index (χ2v) is 9.20.